The number of hydrogen-bond acceptors (Lipinski definition) is 1. The van der Waals surface area contributed by atoms with Crippen LogP contribution in [0.1, 0.15) is 57.4 Å². The molecule has 0 aliphatic heterocycles. The molecule has 0 aromatic heterocycles. The van der Waals surface area contributed by atoms with E-state index in [1.807, 2.05) is 0 Å². The molecule has 3 heteroatoms. The first kappa shape index (κ1) is 16.0. The summed E-state index contributed by atoms with van der Waals surface area (Å²) in [4.78, 5) is 0. The van der Waals surface area contributed by atoms with Crippen molar-refractivity contribution in [3.05, 3.63) is 34.1 Å². The van der Waals surface area contributed by atoms with Crippen molar-refractivity contribution < 1.29 is 4.39 Å². The van der Waals surface area contributed by atoms with E-state index in [4.69, 9.17) is 5.73 Å². The average molecular weight is 342 g/mol. The molecule has 2 atom stereocenters. The number of nitrogens with two attached hydrogens (primary N) is 1. The predicted molar refractivity (Wildman–Crippen MR) is 86.2 cm³/mol. The maximum atomic E-state index is 13.4. The highest BCUT2D eigenvalue weighted by Gasteiger charge is 2.30. The molecule has 1 aliphatic carbocycles. The molecule has 2 rings (SSSR count). The summed E-state index contributed by atoms with van der Waals surface area (Å²) in [5, 5.41) is 0. The Balaban J connectivity index is 2.05. The zero-order chi connectivity index (χ0) is 14.6. The third kappa shape index (κ3) is 4.29. The molecule has 1 nitrogen and oxygen atoms in total. The fourth-order valence-corrected chi connectivity index (χ4v) is 3.82. The highest BCUT2D eigenvalue weighted by atomic mass is 79.9. The molecule has 0 radical (unpaired) electrons. The Bertz CT molecular complexity index is 449. The van der Waals surface area contributed by atoms with Crippen LogP contribution in [0.4, 0.5) is 4.39 Å². The summed E-state index contributed by atoms with van der Waals surface area (Å²) >= 11 is 3.52. The first-order valence-corrected chi connectivity index (χ1v) is 8.54. The number of halogens is 2. The Hall–Kier alpha value is -0.410. The fraction of sp³-hybridized carbons (Fsp3) is 0.647. The lowest BCUT2D eigenvalue weighted by atomic mass is 9.84. The van der Waals surface area contributed by atoms with Gasteiger partial charge in [-0.3, -0.25) is 0 Å². The van der Waals surface area contributed by atoms with Gasteiger partial charge in [0.2, 0.25) is 0 Å². The molecule has 2 unspecified atom stereocenters. The van der Waals surface area contributed by atoms with Crippen molar-refractivity contribution in [3.8, 4) is 0 Å². The largest absolute Gasteiger partial charge is 0.325 e. The first-order chi connectivity index (χ1) is 9.52. The molecule has 1 fully saturated rings. The van der Waals surface area contributed by atoms with Crippen LogP contribution in [0, 0.1) is 11.7 Å². The molecule has 1 aromatic carbocycles. The van der Waals surface area contributed by atoms with E-state index in [1.165, 1.54) is 38.2 Å². The summed E-state index contributed by atoms with van der Waals surface area (Å²) < 4.78 is 14.4. The van der Waals surface area contributed by atoms with Crippen LogP contribution < -0.4 is 5.73 Å². The van der Waals surface area contributed by atoms with Crippen LogP contribution in [0.5, 0.6) is 0 Å². The number of hydrogen-bond donors (Lipinski definition) is 1. The van der Waals surface area contributed by atoms with Gasteiger partial charge in [-0.2, -0.15) is 0 Å². The SMILES string of the molecule is CCCC1CCCC(N)(Cc2cc(F)ccc2Br)CC1. The Kier molecular flexibility index (Phi) is 5.62. The van der Waals surface area contributed by atoms with Gasteiger partial charge < -0.3 is 5.73 Å². The van der Waals surface area contributed by atoms with E-state index >= 15 is 0 Å². The summed E-state index contributed by atoms with van der Waals surface area (Å²) in [6.45, 7) is 2.25. The molecule has 112 valence electrons. The summed E-state index contributed by atoms with van der Waals surface area (Å²) in [6, 6.07) is 4.89. The van der Waals surface area contributed by atoms with Crippen LogP contribution in [0.3, 0.4) is 0 Å². The van der Waals surface area contributed by atoms with Crippen molar-refractivity contribution in [1.82, 2.24) is 0 Å². The Morgan fingerprint density at radius 3 is 2.90 bits per heavy atom. The summed E-state index contributed by atoms with van der Waals surface area (Å²) in [5.74, 6) is 0.658. The predicted octanol–water partition coefficient (Wildman–Crippen LogP) is 5.21. The monoisotopic (exact) mass is 341 g/mol. The standard InChI is InChI=1S/C17H25BrFN/c1-2-4-13-5-3-9-17(20,10-8-13)12-14-11-15(19)6-7-16(14)18/h6-7,11,13H,2-5,8-10,12,20H2,1H3. The van der Waals surface area contributed by atoms with E-state index in [0.717, 1.165) is 35.2 Å². The average Bonchev–Trinajstić information content (AvgIpc) is 2.57. The van der Waals surface area contributed by atoms with E-state index < -0.39 is 0 Å². The lowest BCUT2D eigenvalue weighted by Gasteiger charge is -2.29. The van der Waals surface area contributed by atoms with E-state index in [2.05, 4.69) is 22.9 Å². The normalized spacial score (nSPS) is 27.3. The van der Waals surface area contributed by atoms with Gasteiger partial charge in [-0.1, -0.05) is 48.5 Å². The third-order valence-electron chi connectivity index (χ3n) is 4.58. The molecule has 20 heavy (non-hydrogen) atoms. The van der Waals surface area contributed by atoms with Gasteiger partial charge >= 0.3 is 0 Å². The number of rotatable bonds is 4. The van der Waals surface area contributed by atoms with Gasteiger partial charge in [0.15, 0.2) is 0 Å². The fourth-order valence-electron chi connectivity index (χ4n) is 3.44. The molecule has 0 bridgehead atoms. The minimum atomic E-state index is -0.177. The Morgan fingerprint density at radius 1 is 1.35 bits per heavy atom. The molecule has 1 aliphatic rings. The van der Waals surface area contributed by atoms with Crippen LogP contribution in [-0.4, -0.2) is 5.54 Å². The van der Waals surface area contributed by atoms with Crippen molar-refractivity contribution >= 4 is 15.9 Å². The maximum Gasteiger partial charge on any atom is 0.123 e. The second-order valence-corrected chi connectivity index (χ2v) is 7.21. The van der Waals surface area contributed by atoms with E-state index in [9.17, 15) is 4.39 Å². The minimum absolute atomic E-state index is 0.168. The Labute approximate surface area is 130 Å². The van der Waals surface area contributed by atoms with Crippen molar-refractivity contribution in [2.75, 3.05) is 0 Å². The molecule has 0 amide bonds. The van der Waals surface area contributed by atoms with Crippen LogP contribution in [-0.2, 0) is 6.42 Å². The van der Waals surface area contributed by atoms with Crippen molar-refractivity contribution in [3.63, 3.8) is 0 Å². The highest BCUT2D eigenvalue weighted by molar-refractivity contribution is 9.10. The van der Waals surface area contributed by atoms with Gasteiger partial charge in [0, 0.05) is 10.0 Å². The van der Waals surface area contributed by atoms with Gasteiger partial charge in [-0.05, 0) is 55.4 Å². The maximum absolute atomic E-state index is 13.4. The lowest BCUT2D eigenvalue weighted by molar-refractivity contribution is 0.354. The van der Waals surface area contributed by atoms with E-state index in [1.54, 1.807) is 12.1 Å². The van der Waals surface area contributed by atoms with E-state index in [-0.39, 0.29) is 11.4 Å². The summed E-state index contributed by atoms with van der Waals surface area (Å²) in [5.41, 5.74) is 7.46. The molecule has 0 spiro atoms. The zero-order valence-corrected chi connectivity index (χ0v) is 13.9. The molecule has 1 saturated carbocycles. The van der Waals surface area contributed by atoms with Crippen molar-refractivity contribution in [1.29, 1.82) is 0 Å². The Morgan fingerprint density at radius 2 is 2.15 bits per heavy atom. The smallest absolute Gasteiger partial charge is 0.123 e. The molecule has 2 N–H and O–H groups in total. The first-order valence-electron chi connectivity index (χ1n) is 7.75. The number of benzene rings is 1. The van der Waals surface area contributed by atoms with E-state index in [0.29, 0.717) is 0 Å². The molecular weight excluding hydrogens is 317 g/mol. The van der Waals surface area contributed by atoms with Crippen molar-refractivity contribution in [2.45, 2.75) is 63.8 Å². The quantitative estimate of drug-likeness (QED) is 0.747. The summed E-state index contributed by atoms with van der Waals surface area (Å²) in [7, 11) is 0. The summed E-state index contributed by atoms with van der Waals surface area (Å²) in [6.07, 6.45) is 9.18. The second kappa shape index (κ2) is 7.04. The van der Waals surface area contributed by atoms with Crippen LogP contribution in [0.25, 0.3) is 0 Å². The zero-order valence-electron chi connectivity index (χ0n) is 12.3. The molecule has 0 saturated heterocycles. The van der Waals surface area contributed by atoms with Crippen molar-refractivity contribution in [2.24, 2.45) is 11.7 Å². The van der Waals surface area contributed by atoms with Crippen LogP contribution in [0.2, 0.25) is 0 Å². The van der Waals surface area contributed by atoms with Gasteiger partial charge in [-0.15, -0.1) is 0 Å². The van der Waals surface area contributed by atoms with Crippen LogP contribution >= 0.6 is 15.9 Å². The molecular formula is C17H25BrFN. The van der Waals surface area contributed by atoms with Gasteiger partial charge in [-0.25, -0.2) is 4.39 Å². The lowest BCUT2D eigenvalue weighted by Crippen LogP contribution is -2.41. The van der Waals surface area contributed by atoms with Gasteiger partial charge in [0.05, 0.1) is 0 Å². The van der Waals surface area contributed by atoms with Gasteiger partial charge in [0.25, 0.3) is 0 Å². The highest BCUT2D eigenvalue weighted by Crippen LogP contribution is 2.34. The second-order valence-electron chi connectivity index (χ2n) is 6.36. The van der Waals surface area contributed by atoms with Crippen LogP contribution in [0.15, 0.2) is 22.7 Å². The van der Waals surface area contributed by atoms with Gasteiger partial charge in [0.1, 0.15) is 5.82 Å². The molecule has 0 heterocycles. The minimum Gasteiger partial charge on any atom is -0.325 e. The topological polar surface area (TPSA) is 26.0 Å². The molecule has 1 aromatic rings. The third-order valence-corrected chi connectivity index (χ3v) is 5.36.